The minimum Gasteiger partial charge on any atom is -0.385 e. The highest BCUT2D eigenvalue weighted by molar-refractivity contribution is 4.84. The van der Waals surface area contributed by atoms with Gasteiger partial charge in [-0.1, -0.05) is 0 Å². The van der Waals surface area contributed by atoms with E-state index >= 15 is 0 Å². The maximum absolute atomic E-state index is 9.52. The van der Waals surface area contributed by atoms with Crippen LogP contribution in [0.5, 0.6) is 0 Å². The van der Waals surface area contributed by atoms with Crippen molar-refractivity contribution in [1.29, 1.82) is 0 Å². The monoisotopic (exact) mass is 160 g/mol. The summed E-state index contributed by atoms with van der Waals surface area (Å²) in [5, 5.41) is 9.52. The number of rotatable bonds is 4. The molecule has 0 aromatic heterocycles. The van der Waals surface area contributed by atoms with Crippen LogP contribution >= 0.6 is 0 Å². The van der Waals surface area contributed by atoms with E-state index in [-0.39, 0.29) is 6.10 Å². The highest BCUT2D eigenvalue weighted by Crippen LogP contribution is 2.20. The average molecular weight is 160 g/mol. The number of ether oxygens (including phenoxy) is 2. The lowest BCUT2D eigenvalue weighted by molar-refractivity contribution is -0.188. The Morgan fingerprint density at radius 2 is 2.18 bits per heavy atom. The van der Waals surface area contributed by atoms with Gasteiger partial charge in [-0.05, 0) is 13.8 Å². The molecule has 0 spiro atoms. The molecule has 0 radical (unpaired) electrons. The van der Waals surface area contributed by atoms with Crippen molar-refractivity contribution in [3.05, 3.63) is 0 Å². The largest absolute Gasteiger partial charge is 0.385 e. The van der Waals surface area contributed by atoms with E-state index in [1.165, 1.54) is 0 Å². The first-order chi connectivity index (χ1) is 5.12. The Morgan fingerprint density at radius 3 is 2.55 bits per heavy atom. The maximum Gasteiger partial charge on any atom is 0.113 e. The molecule has 0 amide bonds. The van der Waals surface area contributed by atoms with Gasteiger partial charge in [0.2, 0.25) is 0 Å². The van der Waals surface area contributed by atoms with Crippen molar-refractivity contribution in [3.63, 3.8) is 0 Å². The van der Waals surface area contributed by atoms with Crippen molar-refractivity contribution >= 4 is 0 Å². The van der Waals surface area contributed by atoms with Crippen molar-refractivity contribution in [3.8, 4) is 0 Å². The van der Waals surface area contributed by atoms with Gasteiger partial charge in [0, 0.05) is 13.0 Å². The number of hydrogen-bond donors (Lipinski definition) is 1. The predicted octanol–water partition coefficient (Wildman–Crippen LogP) is 0.563. The average Bonchev–Trinajstić information content (AvgIpc) is 1.83. The quantitative estimate of drug-likeness (QED) is 0.653. The van der Waals surface area contributed by atoms with E-state index in [1.54, 1.807) is 0 Å². The lowest BCUT2D eigenvalue weighted by Crippen LogP contribution is -2.50. The van der Waals surface area contributed by atoms with Gasteiger partial charge in [0.05, 0.1) is 19.3 Å². The van der Waals surface area contributed by atoms with E-state index in [2.05, 4.69) is 0 Å². The fourth-order valence-electron chi connectivity index (χ4n) is 0.967. The van der Waals surface area contributed by atoms with Crippen LogP contribution in [0.25, 0.3) is 0 Å². The summed E-state index contributed by atoms with van der Waals surface area (Å²) in [6, 6.07) is 0. The third-order valence-electron chi connectivity index (χ3n) is 1.76. The summed E-state index contributed by atoms with van der Waals surface area (Å²) in [5.74, 6) is 0. The summed E-state index contributed by atoms with van der Waals surface area (Å²) in [5.41, 5.74) is -0.588. The molecule has 1 N–H and O–H groups in total. The molecular weight excluding hydrogens is 144 g/mol. The normalized spacial score (nSPS) is 21.8. The van der Waals surface area contributed by atoms with Gasteiger partial charge in [-0.2, -0.15) is 0 Å². The first kappa shape index (κ1) is 8.97. The predicted molar refractivity (Wildman–Crippen MR) is 41.5 cm³/mol. The second-order valence-electron chi connectivity index (χ2n) is 3.39. The summed E-state index contributed by atoms with van der Waals surface area (Å²) in [6.45, 7) is 5.53. The summed E-state index contributed by atoms with van der Waals surface area (Å²) in [7, 11) is 0. The maximum atomic E-state index is 9.52. The Morgan fingerprint density at radius 1 is 1.55 bits per heavy atom. The first-order valence-corrected chi connectivity index (χ1v) is 4.04. The van der Waals surface area contributed by atoms with Crippen molar-refractivity contribution in [1.82, 2.24) is 0 Å². The minimum absolute atomic E-state index is 0.250. The van der Waals surface area contributed by atoms with Crippen LogP contribution in [0.2, 0.25) is 0 Å². The van der Waals surface area contributed by atoms with Gasteiger partial charge in [0.15, 0.2) is 0 Å². The Kier molecular flexibility index (Phi) is 2.87. The Hall–Kier alpha value is -0.120. The second kappa shape index (κ2) is 3.52. The number of aliphatic hydroxyl groups is 1. The summed E-state index contributed by atoms with van der Waals surface area (Å²) < 4.78 is 10.2. The van der Waals surface area contributed by atoms with E-state index in [0.717, 1.165) is 0 Å². The molecule has 1 aliphatic heterocycles. The third-order valence-corrected chi connectivity index (χ3v) is 1.76. The van der Waals surface area contributed by atoms with Gasteiger partial charge in [0.25, 0.3) is 0 Å². The lowest BCUT2D eigenvalue weighted by Gasteiger charge is -2.36. The zero-order chi connectivity index (χ0) is 8.32. The zero-order valence-electron chi connectivity index (χ0n) is 7.17. The van der Waals surface area contributed by atoms with Gasteiger partial charge >= 0.3 is 0 Å². The molecule has 1 fully saturated rings. The van der Waals surface area contributed by atoms with Crippen molar-refractivity contribution < 1.29 is 14.6 Å². The second-order valence-corrected chi connectivity index (χ2v) is 3.39. The zero-order valence-corrected chi connectivity index (χ0v) is 7.17. The highest BCUT2D eigenvalue weighted by Gasteiger charge is 2.35. The fraction of sp³-hybridized carbons (Fsp3) is 1.00. The van der Waals surface area contributed by atoms with Gasteiger partial charge in [-0.3, -0.25) is 0 Å². The molecule has 66 valence electrons. The van der Waals surface area contributed by atoms with Gasteiger partial charge in [-0.15, -0.1) is 0 Å². The first-order valence-electron chi connectivity index (χ1n) is 4.04. The van der Waals surface area contributed by atoms with Crippen LogP contribution in [0.4, 0.5) is 0 Å². The van der Waals surface area contributed by atoms with E-state index in [0.29, 0.717) is 26.2 Å². The molecule has 0 bridgehead atoms. The summed E-state index contributed by atoms with van der Waals surface area (Å²) >= 11 is 0. The molecule has 0 unspecified atom stereocenters. The van der Waals surface area contributed by atoms with Crippen LogP contribution in [0, 0.1) is 0 Å². The third kappa shape index (κ3) is 2.77. The molecule has 1 rings (SSSR count). The molecule has 1 heterocycles. The molecule has 0 aromatic carbocycles. The molecular formula is C8H16O3. The summed E-state index contributed by atoms with van der Waals surface area (Å²) in [6.07, 6.45) is 0.935. The number of hydrogen-bond acceptors (Lipinski definition) is 3. The fourth-order valence-corrected chi connectivity index (χ4v) is 0.967. The van der Waals surface area contributed by atoms with Crippen molar-refractivity contribution in [2.75, 3.05) is 19.8 Å². The molecule has 0 aliphatic carbocycles. The van der Waals surface area contributed by atoms with Crippen LogP contribution in [0.15, 0.2) is 0 Å². The molecule has 11 heavy (non-hydrogen) atoms. The van der Waals surface area contributed by atoms with Crippen LogP contribution in [-0.4, -0.2) is 36.6 Å². The topological polar surface area (TPSA) is 38.7 Å². The molecule has 1 aliphatic rings. The van der Waals surface area contributed by atoms with Crippen LogP contribution in [-0.2, 0) is 9.47 Å². The lowest BCUT2D eigenvalue weighted by atomic mass is 9.99. The van der Waals surface area contributed by atoms with Crippen LogP contribution < -0.4 is 0 Å². The van der Waals surface area contributed by atoms with Crippen LogP contribution in [0.1, 0.15) is 20.3 Å². The molecule has 3 heteroatoms. The van der Waals surface area contributed by atoms with Gasteiger partial charge in [0.1, 0.15) is 5.60 Å². The van der Waals surface area contributed by atoms with Crippen molar-refractivity contribution in [2.45, 2.75) is 32.0 Å². The Labute approximate surface area is 67.3 Å². The summed E-state index contributed by atoms with van der Waals surface area (Å²) in [4.78, 5) is 0. The minimum atomic E-state index is -0.588. The van der Waals surface area contributed by atoms with E-state index in [1.807, 2.05) is 13.8 Å². The van der Waals surface area contributed by atoms with Crippen molar-refractivity contribution in [2.24, 2.45) is 0 Å². The standard InChI is InChI=1S/C8H16O3/c1-7(2)11-4-3-8(9)5-10-6-8/h7,9H,3-6H2,1-2H3. The van der Waals surface area contributed by atoms with E-state index in [4.69, 9.17) is 9.47 Å². The molecule has 0 aromatic rings. The molecule has 1 saturated heterocycles. The van der Waals surface area contributed by atoms with Gasteiger partial charge in [-0.25, -0.2) is 0 Å². The van der Waals surface area contributed by atoms with Crippen LogP contribution in [0.3, 0.4) is 0 Å². The highest BCUT2D eigenvalue weighted by atomic mass is 16.5. The van der Waals surface area contributed by atoms with E-state index < -0.39 is 5.60 Å². The Balaban J connectivity index is 2.02. The molecule has 0 saturated carbocycles. The Bertz CT molecular complexity index is 119. The smallest absolute Gasteiger partial charge is 0.113 e. The molecule has 3 nitrogen and oxygen atoms in total. The van der Waals surface area contributed by atoms with E-state index in [9.17, 15) is 5.11 Å². The SMILES string of the molecule is CC(C)OCCC1(O)COC1. The van der Waals surface area contributed by atoms with Gasteiger partial charge < -0.3 is 14.6 Å². The molecule has 0 atom stereocenters.